The molecule has 11 aromatic rings. The standard InChI is InChI=1S/C56H37NO/c1-2-16-39(17-3-1)45-27-13-20-41-21-14-28-48(55(41)45)46-23-6-9-30-51(46)57(42-36-34-40(35-37-42)44-26-12-19-38-18-4-5-22-43(38)44)52-31-10-7-24-47(52)49-29-15-33-54-56(49)50-25-8-11-32-53(50)58-54/h1-37H. The minimum Gasteiger partial charge on any atom is -0.456 e. The highest BCUT2D eigenvalue weighted by Crippen LogP contribution is 2.49. The molecule has 0 saturated carbocycles. The van der Waals surface area contributed by atoms with Gasteiger partial charge in [-0.05, 0) is 91.3 Å². The van der Waals surface area contributed by atoms with E-state index >= 15 is 0 Å². The average molecular weight is 740 g/mol. The van der Waals surface area contributed by atoms with Crippen LogP contribution in [0.25, 0.3) is 88.0 Å². The summed E-state index contributed by atoms with van der Waals surface area (Å²) in [6.07, 6.45) is 0. The van der Waals surface area contributed by atoms with E-state index in [0.717, 1.165) is 55.7 Å². The summed E-state index contributed by atoms with van der Waals surface area (Å²) >= 11 is 0. The predicted molar refractivity (Wildman–Crippen MR) is 245 cm³/mol. The van der Waals surface area contributed by atoms with Gasteiger partial charge in [0.1, 0.15) is 11.2 Å². The van der Waals surface area contributed by atoms with E-state index in [9.17, 15) is 0 Å². The third kappa shape index (κ3) is 5.66. The fourth-order valence-corrected chi connectivity index (χ4v) is 8.89. The Morgan fingerprint density at radius 2 is 0.759 bits per heavy atom. The van der Waals surface area contributed by atoms with Gasteiger partial charge in [0.05, 0.1) is 11.4 Å². The first-order valence-corrected chi connectivity index (χ1v) is 19.8. The maximum Gasteiger partial charge on any atom is 0.136 e. The second-order valence-corrected chi connectivity index (χ2v) is 14.8. The fourth-order valence-electron chi connectivity index (χ4n) is 8.89. The van der Waals surface area contributed by atoms with Crippen LogP contribution in [0, 0.1) is 0 Å². The zero-order chi connectivity index (χ0) is 38.4. The van der Waals surface area contributed by atoms with Crippen molar-refractivity contribution in [2.45, 2.75) is 0 Å². The minimum absolute atomic E-state index is 0.879. The van der Waals surface area contributed by atoms with Crippen LogP contribution in [0.4, 0.5) is 17.1 Å². The molecule has 0 unspecified atom stereocenters. The number of hydrogen-bond acceptors (Lipinski definition) is 2. The lowest BCUT2D eigenvalue weighted by molar-refractivity contribution is 0.669. The Kier molecular flexibility index (Phi) is 8.19. The Morgan fingerprint density at radius 3 is 1.50 bits per heavy atom. The molecule has 0 aliphatic carbocycles. The van der Waals surface area contributed by atoms with Crippen LogP contribution in [-0.4, -0.2) is 0 Å². The molecule has 58 heavy (non-hydrogen) atoms. The minimum atomic E-state index is 0.879. The summed E-state index contributed by atoms with van der Waals surface area (Å²) in [5.74, 6) is 0. The first-order chi connectivity index (χ1) is 28.8. The number of para-hydroxylation sites is 3. The van der Waals surface area contributed by atoms with Gasteiger partial charge in [-0.3, -0.25) is 0 Å². The molecule has 0 N–H and O–H groups in total. The van der Waals surface area contributed by atoms with E-state index in [1.54, 1.807) is 0 Å². The fraction of sp³-hybridized carbons (Fsp3) is 0. The largest absolute Gasteiger partial charge is 0.456 e. The molecule has 1 heterocycles. The van der Waals surface area contributed by atoms with Gasteiger partial charge in [-0.2, -0.15) is 0 Å². The van der Waals surface area contributed by atoms with Crippen LogP contribution in [0.5, 0.6) is 0 Å². The van der Waals surface area contributed by atoms with E-state index in [-0.39, 0.29) is 0 Å². The Bertz CT molecular complexity index is 3270. The van der Waals surface area contributed by atoms with Gasteiger partial charge >= 0.3 is 0 Å². The van der Waals surface area contributed by atoms with E-state index in [1.807, 2.05) is 6.07 Å². The van der Waals surface area contributed by atoms with Gasteiger partial charge in [0.25, 0.3) is 0 Å². The third-order valence-electron chi connectivity index (χ3n) is 11.5. The number of rotatable bonds is 7. The molecule has 0 fully saturated rings. The molecule has 0 radical (unpaired) electrons. The van der Waals surface area contributed by atoms with Crippen molar-refractivity contribution >= 4 is 60.5 Å². The van der Waals surface area contributed by atoms with Crippen molar-refractivity contribution in [3.8, 4) is 44.5 Å². The first kappa shape index (κ1) is 33.6. The third-order valence-corrected chi connectivity index (χ3v) is 11.5. The molecule has 0 saturated heterocycles. The number of hydrogen-bond donors (Lipinski definition) is 0. The van der Waals surface area contributed by atoms with Crippen molar-refractivity contribution in [1.82, 2.24) is 0 Å². The summed E-state index contributed by atoms with van der Waals surface area (Å²) in [5, 5.41) is 7.15. The van der Waals surface area contributed by atoms with Gasteiger partial charge in [-0.25, -0.2) is 0 Å². The molecular weight excluding hydrogens is 703 g/mol. The smallest absolute Gasteiger partial charge is 0.136 e. The van der Waals surface area contributed by atoms with Gasteiger partial charge in [0.2, 0.25) is 0 Å². The lowest BCUT2D eigenvalue weighted by Gasteiger charge is -2.30. The van der Waals surface area contributed by atoms with Crippen molar-refractivity contribution in [3.05, 3.63) is 224 Å². The highest BCUT2D eigenvalue weighted by atomic mass is 16.3. The van der Waals surface area contributed by atoms with Crippen LogP contribution in [0.1, 0.15) is 0 Å². The zero-order valence-electron chi connectivity index (χ0n) is 31.7. The summed E-state index contributed by atoms with van der Waals surface area (Å²) in [5.41, 5.74) is 14.4. The van der Waals surface area contributed by atoms with Gasteiger partial charge < -0.3 is 9.32 Å². The van der Waals surface area contributed by atoms with Gasteiger partial charge in [0, 0.05) is 27.6 Å². The lowest BCUT2D eigenvalue weighted by atomic mass is 9.90. The Hall–Kier alpha value is -7.68. The molecule has 0 atom stereocenters. The maximum atomic E-state index is 6.42. The molecule has 2 heteroatoms. The molecule has 1 aromatic heterocycles. The van der Waals surface area contributed by atoms with Crippen LogP contribution in [0.2, 0.25) is 0 Å². The normalized spacial score (nSPS) is 11.4. The number of benzene rings is 10. The lowest BCUT2D eigenvalue weighted by Crippen LogP contribution is -2.12. The molecule has 0 bridgehead atoms. The molecule has 0 amide bonds. The number of fused-ring (bicyclic) bond motifs is 5. The molecule has 0 spiro atoms. The van der Waals surface area contributed by atoms with Crippen LogP contribution in [0.15, 0.2) is 229 Å². The molecule has 11 rings (SSSR count). The first-order valence-electron chi connectivity index (χ1n) is 19.8. The number of furan rings is 1. The Balaban J connectivity index is 1.17. The van der Waals surface area contributed by atoms with E-state index in [4.69, 9.17) is 4.42 Å². The molecule has 2 nitrogen and oxygen atoms in total. The zero-order valence-corrected chi connectivity index (χ0v) is 31.7. The SMILES string of the molecule is c1ccc(-c2cccc3cccc(-c4ccccc4N(c4ccc(-c5cccc6ccccc56)cc4)c4ccccc4-c4cccc5oc6ccccc6c45)c23)cc1. The highest BCUT2D eigenvalue weighted by Gasteiger charge is 2.23. The summed E-state index contributed by atoms with van der Waals surface area (Å²) in [7, 11) is 0. The van der Waals surface area contributed by atoms with Crippen LogP contribution in [-0.2, 0) is 0 Å². The van der Waals surface area contributed by atoms with E-state index < -0.39 is 0 Å². The van der Waals surface area contributed by atoms with Crippen LogP contribution in [0.3, 0.4) is 0 Å². The van der Waals surface area contributed by atoms with Gasteiger partial charge in [0.15, 0.2) is 0 Å². The summed E-state index contributed by atoms with van der Waals surface area (Å²) in [6.45, 7) is 0. The van der Waals surface area contributed by atoms with Crippen molar-refractivity contribution < 1.29 is 4.42 Å². The highest BCUT2D eigenvalue weighted by molar-refractivity contribution is 6.14. The summed E-state index contributed by atoms with van der Waals surface area (Å²) < 4.78 is 6.42. The van der Waals surface area contributed by atoms with Crippen molar-refractivity contribution in [2.75, 3.05) is 4.90 Å². The van der Waals surface area contributed by atoms with E-state index in [0.29, 0.717) is 0 Å². The molecule has 272 valence electrons. The Morgan fingerprint density at radius 1 is 0.276 bits per heavy atom. The van der Waals surface area contributed by atoms with Gasteiger partial charge in [-0.1, -0.05) is 188 Å². The molecule has 0 aliphatic heterocycles. The Labute approximate surface area is 337 Å². The maximum absolute atomic E-state index is 6.42. The van der Waals surface area contributed by atoms with Crippen molar-refractivity contribution in [1.29, 1.82) is 0 Å². The van der Waals surface area contributed by atoms with E-state index in [1.165, 1.54) is 49.4 Å². The quantitative estimate of drug-likeness (QED) is 0.162. The van der Waals surface area contributed by atoms with Crippen LogP contribution < -0.4 is 4.90 Å². The van der Waals surface area contributed by atoms with Crippen LogP contribution >= 0.6 is 0 Å². The summed E-state index contributed by atoms with van der Waals surface area (Å²) in [6, 6.07) is 80.7. The van der Waals surface area contributed by atoms with Gasteiger partial charge in [-0.15, -0.1) is 0 Å². The number of anilines is 3. The monoisotopic (exact) mass is 739 g/mol. The average Bonchev–Trinajstić information content (AvgIpc) is 3.69. The van der Waals surface area contributed by atoms with Crippen molar-refractivity contribution in [3.63, 3.8) is 0 Å². The molecule has 0 aliphatic rings. The van der Waals surface area contributed by atoms with E-state index in [2.05, 4.69) is 223 Å². The predicted octanol–water partition coefficient (Wildman–Crippen LogP) is 16.0. The second-order valence-electron chi connectivity index (χ2n) is 14.8. The van der Waals surface area contributed by atoms with Crippen molar-refractivity contribution in [2.24, 2.45) is 0 Å². The number of nitrogens with zero attached hydrogens (tertiary/aromatic N) is 1. The topological polar surface area (TPSA) is 16.4 Å². The molecular formula is C56H37NO. The summed E-state index contributed by atoms with van der Waals surface area (Å²) in [4.78, 5) is 2.45. The second kappa shape index (κ2) is 14.1. The molecule has 10 aromatic carbocycles.